The summed E-state index contributed by atoms with van der Waals surface area (Å²) in [6.45, 7) is 2.92. The topological polar surface area (TPSA) is 147 Å². The maximum atomic E-state index is 16.7. The Balaban J connectivity index is 0.000000161. The van der Waals surface area contributed by atoms with Gasteiger partial charge in [-0.2, -0.15) is 25.2 Å². The fourth-order valence-corrected chi connectivity index (χ4v) is 14.3. The Morgan fingerprint density at radius 1 is 0.563 bits per heavy atom. The molecule has 6 aliphatic rings. The van der Waals surface area contributed by atoms with Crippen LogP contribution in [0, 0.1) is 65.2 Å². The van der Waals surface area contributed by atoms with Crippen LogP contribution in [0.3, 0.4) is 0 Å². The number of aromatic nitrogens is 4. The van der Waals surface area contributed by atoms with Crippen molar-refractivity contribution in [2.75, 3.05) is 75.4 Å². The van der Waals surface area contributed by atoms with Crippen molar-refractivity contribution >= 4 is 55.0 Å². The van der Waals surface area contributed by atoms with Crippen LogP contribution in [0.5, 0.6) is 23.5 Å². The second-order valence-corrected chi connectivity index (χ2v) is 23.7. The van der Waals surface area contributed by atoms with E-state index in [0.29, 0.717) is 66.4 Å². The molecule has 0 aliphatic carbocycles. The van der Waals surface area contributed by atoms with Crippen molar-refractivity contribution in [3.05, 3.63) is 107 Å². The number of nitrogens with zero attached hydrogens (tertiary/aromatic N) is 9. The molecule has 0 saturated carbocycles. The zero-order valence-electron chi connectivity index (χ0n) is 47.0. The van der Waals surface area contributed by atoms with Gasteiger partial charge in [-0.05, 0) is 122 Å². The van der Waals surface area contributed by atoms with E-state index in [2.05, 4.69) is 42.7 Å². The highest BCUT2D eigenvalue weighted by Crippen LogP contribution is 2.46. The molecule has 8 heterocycles. The Hall–Kier alpha value is -8.71. The van der Waals surface area contributed by atoms with Gasteiger partial charge in [0.1, 0.15) is 71.4 Å². The SMILES string of the molecule is C#Cc1c(F)ccc2cc(O)cc(-c3ccc4c(N5CC(F)C(F)C5)nc(OCC56CCCN5CC(F)C6)nc4c3F)c12.C#Cc1c(F)ccc2cc(O)cc(-c3ccc4c(N5CCCC(C#N)C5)nc(OCC56CCCN5CC(F)C6)nc4c3F)c12. The van der Waals surface area contributed by atoms with Crippen LogP contribution < -0.4 is 19.3 Å². The Morgan fingerprint density at radius 3 is 1.49 bits per heavy atom. The summed E-state index contributed by atoms with van der Waals surface area (Å²) in [5, 5.41) is 32.6. The van der Waals surface area contributed by atoms with Crippen LogP contribution in [0.25, 0.3) is 65.6 Å². The molecule has 0 amide bonds. The molecule has 8 aromatic rings. The van der Waals surface area contributed by atoms with E-state index in [0.717, 1.165) is 51.6 Å². The zero-order valence-corrected chi connectivity index (χ0v) is 47.0. The molecule has 2 aromatic heterocycles. The van der Waals surface area contributed by atoms with Gasteiger partial charge in [-0.3, -0.25) is 9.80 Å². The molecule has 6 aromatic carbocycles. The van der Waals surface area contributed by atoms with Crippen LogP contribution in [0.2, 0.25) is 0 Å². The minimum absolute atomic E-state index is 0.0210. The first-order valence-corrected chi connectivity index (χ1v) is 29.0. The van der Waals surface area contributed by atoms with E-state index in [9.17, 15) is 41.8 Å². The van der Waals surface area contributed by atoms with Gasteiger partial charge < -0.3 is 29.5 Å². The number of phenolic OH excluding ortho intramolecular Hbond substituents is 2. The molecular weight excluding hydrogens is 1130 g/mol. The minimum atomic E-state index is -1.75. The average Bonchev–Trinajstić information content (AvgIpc) is 2.15. The molecule has 7 atom stereocenters. The van der Waals surface area contributed by atoms with E-state index < -0.39 is 59.0 Å². The number of terminal acetylenes is 2. The number of alkyl halides is 4. The number of phenols is 2. The molecule has 21 heteroatoms. The lowest BCUT2D eigenvalue weighted by atomic mass is 9.93. The molecule has 0 radical (unpaired) electrons. The molecular formula is C66H57F8N9O4. The smallest absolute Gasteiger partial charge is 0.319 e. The van der Waals surface area contributed by atoms with Crippen molar-refractivity contribution in [1.29, 1.82) is 5.26 Å². The molecule has 14 rings (SSSR count). The summed E-state index contributed by atoms with van der Waals surface area (Å²) in [6.07, 6.45) is 11.4. The molecule has 87 heavy (non-hydrogen) atoms. The van der Waals surface area contributed by atoms with E-state index in [1.165, 1.54) is 65.6 Å². The summed E-state index contributed by atoms with van der Waals surface area (Å²) in [6, 6.07) is 19.0. The summed E-state index contributed by atoms with van der Waals surface area (Å²) in [4.78, 5) is 25.6. The van der Waals surface area contributed by atoms with E-state index >= 15 is 8.78 Å². The Labute approximate surface area is 495 Å². The fraction of sp³-hybridized carbons (Fsp3) is 0.379. The monoisotopic (exact) mass is 1190 g/mol. The van der Waals surface area contributed by atoms with Gasteiger partial charge in [0.25, 0.3) is 0 Å². The number of nitriles is 1. The molecule has 7 unspecified atom stereocenters. The van der Waals surface area contributed by atoms with Crippen molar-refractivity contribution in [3.8, 4) is 76.5 Å². The van der Waals surface area contributed by atoms with Crippen molar-refractivity contribution in [2.24, 2.45) is 5.92 Å². The second-order valence-electron chi connectivity index (χ2n) is 23.7. The van der Waals surface area contributed by atoms with Crippen LogP contribution in [-0.2, 0) is 0 Å². The number of hydrogen-bond acceptors (Lipinski definition) is 13. The van der Waals surface area contributed by atoms with Gasteiger partial charge in [-0.1, -0.05) is 36.1 Å². The summed E-state index contributed by atoms with van der Waals surface area (Å²) >= 11 is 0. The predicted octanol–water partition coefficient (Wildman–Crippen LogP) is 12.0. The highest BCUT2D eigenvalue weighted by atomic mass is 19.2. The maximum Gasteiger partial charge on any atom is 0.319 e. The maximum absolute atomic E-state index is 16.7. The van der Waals surface area contributed by atoms with Gasteiger partial charge in [0, 0.05) is 71.7 Å². The Bertz CT molecular complexity index is 4220. The number of piperidine rings is 1. The van der Waals surface area contributed by atoms with Crippen molar-refractivity contribution in [1.82, 2.24) is 29.7 Å². The standard InChI is InChI=1S/C34H30F3N5O2.C32H27F5N4O2/c1-2-24-28(36)9-6-21-13-23(43)14-27(29(21)24)25-7-8-26-31(30(25)37)39-33(40-32(26)41-11-3-5-20(16-38)17-41)44-19-34-10-4-12-42(34)18-22(35)15-34;1-2-20-24(34)7-4-17-10-19(42)11-23(27(17)20)21-5-6-22-29(28(21)37)38-31(39-30(22)40-14-25(35)26(36)15-40)43-16-32-8-3-9-41(32)13-18(33)12-32/h1,6-9,13-14,20,22,43H,3-5,10-12,15,17-19H2;1,4-7,10-11,18,25-26,42H,3,8-9,12-16H2. The molecule has 6 aliphatic heterocycles. The van der Waals surface area contributed by atoms with Crippen LogP contribution in [0.1, 0.15) is 62.5 Å². The predicted molar refractivity (Wildman–Crippen MR) is 314 cm³/mol. The molecule has 2 N–H and O–H groups in total. The van der Waals surface area contributed by atoms with Crippen LogP contribution >= 0.6 is 0 Å². The summed E-state index contributed by atoms with van der Waals surface area (Å²) in [7, 11) is 0. The zero-order chi connectivity index (χ0) is 60.6. The highest BCUT2D eigenvalue weighted by molar-refractivity contribution is 6.05. The number of halogens is 8. The van der Waals surface area contributed by atoms with Gasteiger partial charge in [0.15, 0.2) is 24.0 Å². The quantitative estimate of drug-likeness (QED) is 0.0990. The number of fused-ring (bicyclic) bond motifs is 6. The molecule has 446 valence electrons. The second kappa shape index (κ2) is 22.5. The third kappa shape index (κ3) is 10.2. The number of benzene rings is 6. The molecule has 13 nitrogen and oxygen atoms in total. The number of anilines is 2. The van der Waals surface area contributed by atoms with Crippen molar-refractivity contribution < 1.29 is 54.8 Å². The molecule has 6 saturated heterocycles. The van der Waals surface area contributed by atoms with Crippen molar-refractivity contribution in [2.45, 2.75) is 87.1 Å². The van der Waals surface area contributed by atoms with Gasteiger partial charge in [-0.15, -0.1) is 12.8 Å². The van der Waals surface area contributed by atoms with Gasteiger partial charge >= 0.3 is 12.0 Å². The first kappa shape index (κ1) is 57.4. The molecule has 6 fully saturated rings. The van der Waals surface area contributed by atoms with Crippen molar-refractivity contribution in [3.63, 3.8) is 0 Å². The Morgan fingerprint density at radius 2 is 1.03 bits per heavy atom. The van der Waals surface area contributed by atoms with E-state index in [4.69, 9.17) is 27.3 Å². The third-order valence-corrected chi connectivity index (χ3v) is 18.4. The van der Waals surface area contributed by atoms with E-state index in [1.54, 1.807) is 12.1 Å². The third-order valence-electron chi connectivity index (χ3n) is 18.4. The largest absolute Gasteiger partial charge is 0.508 e. The number of rotatable bonds is 10. The number of hydrogen-bond donors (Lipinski definition) is 2. The minimum Gasteiger partial charge on any atom is -0.508 e. The van der Waals surface area contributed by atoms with Gasteiger partial charge in [0.05, 0.1) is 47.3 Å². The first-order valence-electron chi connectivity index (χ1n) is 29.0. The first-order chi connectivity index (χ1) is 42.0. The summed E-state index contributed by atoms with van der Waals surface area (Å²) < 4.78 is 132. The fourth-order valence-electron chi connectivity index (χ4n) is 14.3. The van der Waals surface area contributed by atoms with Crippen LogP contribution in [0.4, 0.5) is 46.8 Å². The Kier molecular flexibility index (Phi) is 14.9. The van der Waals surface area contributed by atoms with Gasteiger partial charge in [0.2, 0.25) is 0 Å². The van der Waals surface area contributed by atoms with Gasteiger partial charge in [-0.25, -0.2) is 35.1 Å². The lowest BCUT2D eigenvalue weighted by Gasteiger charge is -2.32. The molecule has 0 spiro atoms. The number of aromatic hydroxyl groups is 2. The van der Waals surface area contributed by atoms with Crippen LogP contribution in [0.15, 0.2) is 72.8 Å². The molecule has 0 bridgehead atoms. The van der Waals surface area contributed by atoms with Crippen LogP contribution in [-0.4, -0.2) is 141 Å². The van der Waals surface area contributed by atoms with E-state index in [1.807, 2.05) is 4.90 Å². The summed E-state index contributed by atoms with van der Waals surface area (Å²) in [5.74, 6) is 1.84. The summed E-state index contributed by atoms with van der Waals surface area (Å²) in [5.41, 5.74) is -0.936. The highest BCUT2D eigenvalue weighted by Gasteiger charge is 2.51. The lowest BCUT2D eigenvalue weighted by molar-refractivity contribution is 0.107. The van der Waals surface area contributed by atoms with E-state index in [-0.39, 0.29) is 117 Å². The average molecular weight is 1190 g/mol. The number of ether oxygens (including phenoxy) is 2. The normalized spacial score (nSPS) is 24.5. The lowest BCUT2D eigenvalue weighted by Crippen LogP contribution is -2.43.